The summed E-state index contributed by atoms with van der Waals surface area (Å²) in [5.41, 5.74) is 0.276. The maximum Gasteiger partial charge on any atom is 0.276 e. The number of benzene rings is 1. The Hall–Kier alpha value is -1.82. The molecule has 1 aliphatic carbocycles. The standard InChI is InChI=1S/C17H20N4OS/c1-2-11-23-16-18-15(22)14-12-7-3-4-8-13(12)19-17(21(14)20-16)9-5-6-10-17/h3-4,7-8H,2,5-6,9-11H2,1H3,(H,18,20,22). The van der Waals surface area contributed by atoms with E-state index >= 15 is 0 Å². The van der Waals surface area contributed by atoms with Gasteiger partial charge in [0.25, 0.3) is 5.91 Å². The summed E-state index contributed by atoms with van der Waals surface area (Å²) in [6.07, 6.45) is 5.21. The molecule has 1 N–H and O–H groups in total. The van der Waals surface area contributed by atoms with Gasteiger partial charge in [-0.25, -0.2) is 5.01 Å². The summed E-state index contributed by atoms with van der Waals surface area (Å²) in [6.45, 7) is 2.13. The lowest BCUT2D eigenvalue weighted by molar-refractivity contribution is -0.116. The number of thioether (sulfide) groups is 1. The van der Waals surface area contributed by atoms with Gasteiger partial charge in [0.2, 0.25) is 0 Å². The van der Waals surface area contributed by atoms with Crippen molar-refractivity contribution < 1.29 is 4.79 Å². The Morgan fingerprint density at radius 2 is 2.09 bits per heavy atom. The normalized spacial score (nSPS) is 21.4. The van der Waals surface area contributed by atoms with Crippen molar-refractivity contribution in [2.45, 2.75) is 44.7 Å². The van der Waals surface area contributed by atoms with E-state index in [1.54, 1.807) is 11.8 Å². The van der Waals surface area contributed by atoms with Crippen molar-refractivity contribution in [1.82, 2.24) is 10.3 Å². The Labute approximate surface area is 139 Å². The number of hydrazone groups is 1. The molecule has 3 aliphatic rings. The number of amides is 1. The van der Waals surface area contributed by atoms with Gasteiger partial charge in [0.1, 0.15) is 5.70 Å². The lowest BCUT2D eigenvalue weighted by atomic mass is 10.0. The van der Waals surface area contributed by atoms with Crippen LogP contribution in [0.25, 0.3) is 5.70 Å². The van der Waals surface area contributed by atoms with Gasteiger partial charge in [0.15, 0.2) is 10.8 Å². The molecule has 6 heteroatoms. The molecule has 0 unspecified atom stereocenters. The lowest BCUT2D eigenvalue weighted by Gasteiger charge is -2.41. The average Bonchev–Trinajstić information content (AvgIpc) is 3.02. The Bertz CT molecular complexity index is 795. The molecule has 5 nitrogen and oxygen atoms in total. The van der Waals surface area contributed by atoms with Crippen molar-refractivity contribution in [2.75, 3.05) is 5.75 Å². The van der Waals surface area contributed by atoms with Crippen LogP contribution in [0.15, 0.2) is 34.4 Å². The van der Waals surface area contributed by atoms with Crippen molar-refractivity contribution >= 4 is 28.5 Å². The molecule has 23 heavy (non-hydrogen) atoms. The number of nitrogens with one attached hydrogen (secondary N) is 1. The van der Waals surface area contributed by atoms with Crippen LogP contribution in [0.5, 0.6) is 0 Å². The number of hydrogen-bond donors (Lipinski definition) is 1. The van der Waals surface area contributed by atoms with Crippen LogP contribution < -0.4 is 15.9 Å². The number of nitrogens with zero attached hydrogens (tertiary/aromatic N) is 3. The summed E-state index contributed by atoms with van der Waals surface area (Å²) < 4.78 is 0. The van der Waals surface area contributed by atoms with Crippen molar-refractivity contribution in [3.05, 3.63) is 34.8 Å². The van der Waals surface area contributed by atoms with Crippen LogP contribution in [-0.4, -0.2) is 27.5 Å². The Balaban J connectivity index is 1.91. The first kappa shape index (κ1) is 14.8. The molecule has 120 valence electrons. The molecule has 0 saturated heterocycles. The molecule has 4 rings (SSSR count). The zero-order valence-electron chi connectivity index (χ0n) is 13.2. The third-order valence-electron chi connectivity index (χ3n) is 4.57. The summed E-state index contributed by atoms with van der Waals surface area (Å²) in [6, 6.07) is 7.89. The molecular formula is C17H20N4OS. The van der Waals surface area contributed by atoms with Gasteiger partial charge in [-0.2, -0.15) is 0 Å². The molecule has 1 spiro atoms. The highest BCUT2D eigenvalue weighted by Crippen LogP contribution is 2.40. The zero-order valence-corrected chi connectivity index (χ0v) is 14.0. The number of hydrogen-bond acceptors (Lipinski definition) is 5. The molecular weight excluding hydrogens is 308 g/mol. The van der Waals surface area contributed by atoms with Crippen LogP contribution in [0.3, 0.4) is 0 Å². The monoisotopic (exact) mass is 328 g/mol. The van der Waals surface area contributed by atoms with Gasteiger partial charge in [-0.1, -0.05) is 36.9 Å². The van der Waals surface area contributed by atoms with E-state index in [9.17, 15) is 4.79 Å². The van der Waals surface area contributed by atoms with E-state index in [-0.39, 0.29) is 11.6 Å². The van der Waals surface area contributed by atoms with Crippen LogP contribution >= 0.6 is 11.8 Å². The highest BCUT2D eigenvalue weighted by molar-refractivity contribution is 8.13. The molecule has 1 amide bonds. The van der Waals surface area contributed by atoms with E-state index in [0.717, 1.165) is 48.4 Å². The van der Waals surface area contributed by atoms with E-state index in [1.165, 1.54) is 0 Å². The molecule has 0 atom stereocenters. The Morgan fingerprint density at radius 3 is 2.87 bits per heavy atom. The lowest BCUT2D eigenvalue weighted by Crippen LogP contribution is -2.57. The molecule has 2 aliphatic heterocycles. The minimum absolute atomic E-state index is 0.0628. The van der Waals surface area contributed by atoms with E-state index in [1.807, 2.05) is 29.3 Å². The smallest absolute Gasteiger partial charge is 0.276 e. The molecule has 1 aromatic rings. The second kappa shape index (κ2) is 5.67. The van der Waals surface area contributed by atoms with Crippen molar-refractivity contribution in [3.63, 3.8) is 0 Å². The SMILES string of the molecule is CCCSC1=NN2C(=c3ccccc3=NC23CCCC3)C(=O)N1. The highest BCUT2D eigenvalue weighted by atomic mass is 32.2. The minimum atomic E-state index is -0.376. The van der Waals surface area contributed by atoms with Crippen LogP contribution in [0.1, 0.15) is 39.0 Å². The highest BCUT2D eigenvalue weighted by Gasteiger charge is 2.46. The first-order valence-electron chi connectivity index (χ1n) is 8.26. The number of carbonyl (C=O) groups is 1. The summed E-state index contributed by atoms with van der Waals surface area (Å²) in [5, 5.41) is 12.1. The fourth-order valence-electron chi connectivity index (χ4n) is 3.53. The van der Waals surface area contributed by atoms with Gasteiger partial charge in [0, 0.05) is 11.0 Å². The van der Waals surface area contributed by atoms with Gasteiger partial charge in [0.05, 0.1) is 5.36 Å². The number of amidine groups is 1. The van der Waals surface area contributed by atoms with E-state index in [2.05, 4.69) is 12.2 Å². The predicted octanol–water partition coefficient (Wildman–Crippen LogP) is 1.54. The van der Waals surface area contributed by atoms with E-state index < -0.39 is 0 Å². The number of carbonyl (C=O) groups excluding carboxylic acids is 1. The third-order valence-corrected chi connectivity index (χ3v) is 5.64. The maximum absolute atomic E-state index is 12.8. The van der Waals surface area contributed by atoms with E-state index in [0.29, 0.717) is 10.9 Å². The van der Waals surface area contributed by atoms with Crippen LogP contribution in [0.4, 0.5) is 0 Å². The van der Waals surface area contributed by atoms with Crippen LogP contribution in [-0.2, 0) is 4.79 Å². The fraction of sp³-hybridized carbons (Fsp3) is 0.471. The fourth-order valence-corrected chi connectivity index (χ4v) is 4.23. The maximum atomic E-state index is 12.8. The summed E-state index contributed by atoms with van der Waals surface area (Å²) in [4.78, 5) is 17.8. The molecule has 1 aromatic carbocycles. The number of para-hydroxylation sites is 1. The van der Waals surface area contributed by atoms with E-state index in [4.69, 9.17) is 10.1 Å². The summed E-state index contributed by atoms with van der Waals surface area (Å²) in [7, 11) is 0. The predicted molar refractivity (Wildman–Crippen MR) is 92.0 cm³/mol. The summed E-state index contributed by atoms with van der Waals surface area (Å²) in [5.74, 6) is 0.885. The molecule has 0 radical (unpaired) electrons. The van der Waals surface area contributed by atoms with Gasteiger partial charge in [-0.05, 0) is 38.2 Å². The first-order chi connectivity index (χ1) is 11.2. The van der Waals surface area contributed by atoms with Gasteiger partial charge in [-0.3, -0.25) is 15.1 Å². The van der Waals surface area contributed by atoms with Gasteiger partial charge in [-0.15, -0.1) is 5.10 Å². The average molecular weight is 328 g/mol. The first-order valence-corrected chi connectivity index (χ1v) is 9.24. The summed E-state index contributed by atoms with van der Waals surface area (Å²) >= 11 is 1.60. The van der Waals surface area contributed by atoms with Crippen LogP contribution in [0.2, 0.25) is 0 Å². The van der Waals surface area contributed by atoms with Gasteiger partial charge >= 0.3 is 0 Å². The second-order valence-corrected chi connectivity index (χ2v) is 7.27. The minimum Gasteiger partial charge on any atom is -0.298 e. The number of rotatable bonds is 2. The Kier molecular flexibility index (Phi) is 3.64. The topological polar surface area (TPSA) is 57.1 Å². The van der Waals surface area contributed by atoms with Crippen molar-refractivity contribution in [1.29, 1.82) is 0 Å². The zero-order chi connectivity index (χ0) is 15.9. The molecule has 1 saturated carbocycles. The molecule has 0 bridgehead atoms. The Morgan fingerprint density at radius 1 is 1.30 bits per heavy atom. The quantitative estimate of drug-likeness (QED) is 0.896. The van der Waals surface area contributed by atoms with Gasteiger partial charge < -0.3 is 0 Å². The van der Waals surface area contributed by atoms with Crippen molar-refractivity contribution in [2.24, 2.45) is 10.1 Å². The van der Waals surface area contributed by atoms with Crippen LogP contribution in [0, 0.1) is 0 Å². The molecule has 0 aromatic heterocycles. The van der Waals surface area contributed by atoms with Crippen molar-refractivity contribution in [3.8, 4) is 0 Å². The number of fused-ring (bicyclic) bond motifs is 3. The molecule has 2 heterocycles. The largest absolute Gasteiger partial charge is 0.298 e. The second-order valence-electron chi connectivity index (χ2n) is 6.19. The third kappa shape index (κ3) is 2.36. The molecule has 1 fully saturated rings.